The Balaban J connectivity index is 1.28. The number of fused-ring (bicyclic) bond motifs is 9. The molecule has 9 rings (SSSR count). The van der Waals surface area contributed by atoms with Gasteiger partial charge < -0.3 is 9.32 Å². The molecule has 7 aromatic rings. The molecule has 2 nitrogen and oxygen atoms in total. The third-order valence-electron chi connectivity index (χ3n) is 8.94. The molecule has 0 N–H and O–H groups in total. The molecule has 2 aliphatic rings. The van der Waals surface area contributed by atoms with Crippen molar-refractivity contribution in [3.05, 3.63) is 155 Å². The lowest BCUT2D eigenvalue weighted by atomic mass is 9.79. The maximum atomic E-state index is 6.23. The summed E-state index contributed by atoms with van der Waals surface area (Å²) >= 11 is 0. The Morgan fingerprint density at radius 2 is 1.45 bits per heavy atom. The molecule has 1 unspecified atom stereocenters. The van der Waals surface area contributed by atoms with Crippen LogP contribution in [0.1, 0.15) is 17.5 Å². The Morgan fingerprint density at radius 1 is 0.619 bits per heavy atom. The fourth-order valence-electron chi connectivity index (χ4n) is 7.07. The molecular weight excluding hydrogens is 510 g/mol. The number of hydrogen-bond donors (Lipinski definition) is 0. The van der Waals surface area contributed by atoms with Crippen LogP contribution in [0.4, 0.5) is 17.1 Å². The lowest BCUT2D eigenvalue weighted by Crippen LogP contribution is -2.33. The minimum absolute atomic E-state index is 0.425. The van der Waals surface area contributed by atoms with Gasteiger partial charge >= 0.3 is 0 Å². The number of benzene rings is 6. The number of para-hydroxylation sites is 2. The Kier molecular flexibility index (Phi) is 5.06. The van der Waals surface area contributed by atoms with Crippen molar-refractivity contribution in [1.82, 2.24) is 0 Å². The number of hydrogen-bond acceptors (Lipinski definition) is 2. The number of nitrogens with zero attached hydrogens (tertiary/aromatic N) is 1. The first-order valence-electron chi connectivity index (χ1n) is 14.6. The molecule has 6 aromatic carbocycles. The second kappa shape index (κ2) is 9.09. The fraction of sp³-hybridized carbons (Fsp3) is 0.0500. The van der Waals surface area contributed by atoms with E-state index in [4.69, 9.17) is 4.42 Å². The summed E-state index contributed by atoms with van der Waals surface area (Å²) in [5.74, 6) is 0.425. The summed E-state index contributed by atoms with van der Waals surface area (Å²) < 4.78 is 6.23. The van der Waals surface area contributed by atoms with Crippen molar-refractivity contribution in [3.8, 4) is 0 Å². The molecule has 1 atom stereocenters. The van der Waals surface area contributed by atoms with Crippen LogP contribution in [-0.4, -0.2) is 0 Å². The zero-order valence-corrected chi connectivity index (χ0v) is 23.0. The van der Waals surface area contributed by atoms with Crippen LogP contribution in [0.25, 0.3) is 50.4 Å². The Morgan fingerprint density at radius 3 is 2.40 bits per heavy atom. The van der Waals surface area contributed by atoms with Crippen LogP contribution < -0.4 is 15.3 Å². The highest BCUT2D eigenvalue weighted by molar-refractivity contribution is 6.21. The average molecular weight is 538 g/mol. The summed E-state index contributed by atoms with van der Waals surface area (Å²) in [4.78, 5) is 2.39. The number of furan rings is 1. The minimum Gasteiger partial charge on any atom is -0.456 e. The highest BCUT2D eigenvalue weighted by Crippen LogP contribution is 2.44. The van der Waals surface area contributed by atoms with Gasteiger partial charge in [-0.2, -0.15) is 0 Å². The van der Waals surface area contributed by atoms with E-state index >= 15 is 0 Å². The van der Waals surface area contributed by atoms with Gasteiger partial charge in [-0.1, -0.05) is 97.1 Å². The SMILES string of the molecule is C1=CC2CC=c3ccccc3=C2c2ccc(N(c3ccccc3)c3cccc4c3ccc3oc5ccccc5c34)cc21. The van der Waals surface area contributed by atoms with Gasteiger partial charge in [0, 0.05) is 33.5 Å². The van der Waals surface area contributed by atoms with Crippen LogP contribution >= 0.6 is 0 Å². The monoisotopic (exact) mass is 537 g/mol. The van der Waals surface area contributed by atoms with Gasteiger partial charge in [0.05, 0.1) is 5.69 Å². The van der Waals surface area contributed by atoms with E-state index in [2.05, 4.69) is 138 Å². The Bertz CT molecular complexity index is 2340. The molecule has 0 saturated carbocycles. The molecule has 0 aliphatic heterocycles. The third kappa shape index (κ3) is 3.45. The van der Waals surface area contributed by atoms with E-state index in [0.717, 1.165) is 40.0 Å². The van der Waals surface area contributed by atoms with E-state index in [1.165, 1.54) is 43.3 Å². The molecule has 1 aromatic heterocycles. The van der Waals surface area contributed by atoms with Crippen LogP contribution in [-0.2, 0) is 0 Å². The number of anilines is 3. The van der Waals surface area contributed by atoms with Crippen molar-refractivity contribution < 1.29 is 4.42 Å². The molecule has 0 radical (unpaired) electrons. The molecule has 0 spiro atoms. The average Bonchev–Trinajstić information content (AvgIpc) is 3.44. The smallest absolute Gasteiger partial charge is 0.136 e. The second-order valence-electron chi connectivity index (χ2n) is 11.3. The maximum absolute atomic E-state index is 6.23. The number of rotatable bonds is 3. The van der Waals surface area contributed by atoms with Crippen molar-refractivity contribution in [2.24, 2.45) is 5.92 Å². The molecule has 2 aliphatic carbocycles. The van der Waals surface area contributed by atoms with Crippen molar-refractivity contribution in [2.45, 2.75) is 6.42 Å². The van der Waals surface area contributed by atoms with Crippen molar-refractivity contribution in [3.63, 3.8) is 0 Å². The Hall–Kier alpha value is -5.34. The fourth-order valence-corrected chi connectivity index (χ4v) is 7.07. The zero-order valence-electron chi connectivity index (χ0n) is 23.0. The topological polar surface area (TPSA) is 16.4 Å². The van der Waals surface area contributed by atoms with Crippen LogP contribution in [0, 0.1) is 5.92 Å². The first-order chi connectivity index (χ1) is 20.8. The van der Waals surface area contributed by atoms with Gasteiger partial charge in [-0.25, -0.2) is 0 Å². The van der Waals surface area contributed by atoms with Crippen LogP contribution in [0.3, 0.4) is 0 Å². The molecule has 1 heterocycles. The van der Waals surface area contributed by atoms with Gasteiger partial charge in [0.15, 0.2) is 0 Å². The quantitative estimate of drug-likeness (QED) is 0.223. The molecule has 0 fully saturated rings. The maximum Gasteiger partial charge on any atom is 0.136 e. The van der Waals surface area contributed by atoms with Crippen LogP contribution in [0.15, 0.2) is 138 Å². The lowest BCUT2D eigenvalue weighted by molar-refractivity contribution is 0.669. The summed E-state index contributed by atoms with van der Waals surface area (Å²) in [6.45, 7) is 0. The van der Waals surface area contributed by atoms with Gasteiger partial charge in [0.25, 0.3) is 0 Å². The molecule has 2 heteroatoms. The van der Waals surface area contributed by atoms with Crippen LogP contribution in [0.2, 0.25) is 0 Å². The van der Waals surface area contributed by atoms with E-state index < -0.39 is 0 Å². The lowest BCUT2D eigenvalue weighted by Gasteiger charge is -2.30. The largest absolute Gasteiger partial charge is 0.456 e. The molecule has 0 amide bonds. The first kappa shape index (κ1) is 23.4. The minimum atomic E-state index is 0.425. The van der Waals surface area contributed by atoms with Crippen molar-refractivity contribution in [1.29, 1.82) is 0 Å². The molecular formula is C40H27NO. The van der Waals surface area contributed by atoms with E-state index in [9.17, 15) is 0 Å². The summed E-state index contributed by atoms with van der Waals surface area (Å²) in [7, 11) is 0. The molecule has 0 bridgehead atoms. The zero-order chi connectivity index (χ0) is 27.6. The van der Waals surface area contributed by atoms with E-state index in [-0.39, 0.29) is 0 Å². The Labute approximate surface area is 243 Å². The van der Waals surface area contributed by atoms with Crippen molar-refractivity contribution in [2.75, 3.05) is 4.90 Å². The summed E-state index contributed by atoms with van der Waals surface area (Å²) in [6.07, 6.45) is 8.14. The predicted octanol–water partition coefficient (Wildman–Crippen LogP) is 9.24. The van der Waals surface area contributed by atoms with Crippen LogP contribution in [0.5, 0.6) is 0 Å². The van der Waals surface area contributed by atoms with Gasteiger partial charge in [-0.3, -0.25) is 0 Å². The summed E-state index contributed by atoms with van der Waals surface area (Å²) in [5, 5.41) is 7.41. The van der Waals surface area contributed by atoms with Gasteiger partial charge in [0.1, 0.15) is 11.2 Å². The first-order valence-corrected chi connectivity index (χ1v) is 14.6. The number of allylic oxidation sites excluding steroid dienone is 1. The van der Waals surface area contributed by atoms with Gasteiger partial charge in [-0.15, -0.1) is 0 Å². The summed E-state index contributed by atoms with van der Waals surface area (Å²) in [6, 6.07) is 45.8. The van der Waals surface area contributed by atoms with Gasteiger partial charge in [0.2, 0.25) is 0 Å². The highest BCUT2D eigenvalue weighted by Gasteiger charge is 2.24. The van der Waals surface area contributed by atoms with E-state index in [0.29, 0.717) is 5.92 Å². The van der Waals surface area contributed by atoms with Crippen molar-refractivity contribution >= 4 is 67.5 Å². The highest BCUT2D eigenvalue weighted by atomic mass is 16.3. The standard InChI is InChI=1S/C40H27NO/c1-2-10-29(11-3-1)41(36-15-8-14-34-33(36)23-24-38-40(34)35-13-6-7-16-37(35)42-38)30-21-22-32-28(25-30)20-19-27-18-17-26-9-4-5-12-31(26)39(27)32/h1-17,19-25,27H,18H2. The van der Waals surface area contributed by atoms with Gasteiger partial charge in [-0.05, 0) is 87.5 Å². The second-order valence-corrected chi connectivity index (χ2v) is 11.3. The van der Waals surface area contributed by atoms with E-state index in [1.54, 1.807) is 0 Å². The molecule has 42 heavy (non-hydrogen) atoms. The molecule has 0 saturated heterocycles. The van der Waals surface area contributed by atoms with E-state index in [1.807, 2.05) is 12.1 Å². The predicted molar refractivity (Wildman–Crippen MR) is 176 cm³/mol. The third-order valence-corrected chi connectivity index (χ3v) is 8.94. The summed E-state index contributed by atoms with van der Waals surface area (Å²) in [5.41, 5.74) is 9.31. The molecule has 198 valence electrons. The normalized spacial score (nSPS) is 15.3.